The molecule has 0 bridgehead atoms. The number of carbonyl (C=O) groups is 4. The molecule has 0 unspecified atom stereocenters. The van der Waals surface area contributed by atoms with E-state index in [0.717, 1.165) is 7.11 Å². The van der Waals surface area contributed by atoms with Crippen LogP contribution in [0.3, 0.4) is 0 Å². The number of hydrogen-bond donors (Lipinski definition) is 1. The van der Waals surface area contributed by atoms with E-state index in [2.05, 4.69) is 10.1 Å². The molecule has 0 saturated carbocycles. The predicted molar refractivity (Wildman–Crippen MR) is 80.2 cm³/mol. The van der Waals surface area contributed by atoms with Crippen molar-refractivity contribution in [3.8, 4) is 0 Å². The summed E-state index contributed by atoms with van der Waals surface area (Å²) in [5, 5.41) is 2.15. The van der Waals surface area contributed by atoms with Gasteiger partial charge in [0, 0.05) is 0 Å². The highest BCUT2D eigenvalue weighted by Crippen LogP contribution is 2.04. The Balaban J connectivity index is 5.28. The lowest BCUT2D eigenvalue weighted by Gasteiger charge is -2.16. The van der Waals surface area contributed by atoms with Gasteiger partial charge in [-0.25, -0.2) is 14.4 Å². The van der Waals surface area contributed by atoms with Gasteiger partial charge < -0.3 is 19.5 Å². The normalized spacial score (nSPS) is 10.9. The largest absolute Gasteiger partial charge is 0.465 e. The highest BCUT2D eigenvalue weighted by molar-refractivity contribution is 6.18. The summed E-state index contributed by atoms with van der Waals surface area (Å²) in [5.41, 5.74) is -0.284. The Labute approximate surface area is 135 Å². The molecule has 8 heteroatoms. The molecule has 0 aromatic rings. The van der Waals surface area contributed by atoms with Crippen molar-refractivity contribution in [2.45, 2.75) is 39.7 Å². The van der Waals surface area contributed by atoms with Gasteiger partial charge in [0.05, 0.1) is 20.3 Å². The number of nitrogens with one attached hydrogen (secondary N) is 1. The lowest BCUT2D eigenvalue weighted by molar-refractivity contribution is -0.159. The van der Waals surface area contributed by atoms with E-state index in [1.54, 1.807) is 13.8 Å². The zero-order valence-corrected chi connectivity index (χ0v) is 13.8. The number of ether oxygens (including phenoxy) is 3. The molecule has 130 valence electrons. The summed E-state index contributed by atoms with van der Waals surface area (Å²) >= 11 is 0. The topological polar surface area (TPSA) is 108 Å². The minimum Gasteiger partial charge on any atom is -0.465 e. The van der Waals surface area contributed by atoms with Crippen molar-refractivity contribution < 1.29 is 33.4 Å². The first-order chi connectivity index (χ1) is 10.9. The molecule has 0 aromatic heterocycles. The van der Waals surface area contributed by atoms with Crippen LogP contribution in [0, 0.1) is 0 Å². The molecule has 23 heavy (non-hydrogen) atoms. The van der Waals surface area contributed by atoms with Gasteiger partial charge in [0.2, 0.25) is 6.04 Å². The van der Waals surface area contributed by atoms with E-state index in [1.807, 2.05) is 6.92 Å². The second-order valence-electron chi connectivity index (χ2n) is 4.31. The van der Waals surface area contributed by atoms with E-state index in [-0.39, 0.29) is 18.8 Å². The zero-order valence-electron chi connectivity index (χ0n) is 13.8. The molecule has 8 nitrogen and oxygen atoms in total. The van der Waals surface area contributed by atoms with Crippen LogP contribution >= 0.6 is 0 Å². The van der Waals surface area contributed by atoms with Crippen LogP contribution in [0.1, 0.15) is 33.6 Å². The lowest BCUT2D eigenvalue weighted by atomic mass is 10.1. The maximum Gasteiger partial charge on any atom is 0.343 e. The lowest BCUT2D eigenvalue weighted by Crippen LogP contribution is -2.49. The smallest absolute Gasteiger partial charge is 0.343 e. The second-order valence-corrected chi connectivity index (χ2v) is 4.31. The van der Waals surface area contributed by atoms with Crippen molar-refractivity contribution in [3.05, 3.63) is 11.6 Å². The van der Waals surface area contributed by atoms with Gasteiger partial charge in [-0.2, -0.15) is 0 Å². The van der Waals surface area contributed by atoms with Crippen molar-refractivity contribution in [2.75, 3.05) is 20.3 Å². The molecule has 0 fully saturated rings. The van der Waals surface area contributed by atoms with Crippen LogP contribution < -0.4 is 5.32 Å². The standard InChI is InChI=1S/C15H23NO7/c1-5-8-9-10(13(18)21-4)12(17)16-11(14(19)22-6-2)15(20)23-7-3/h9,11H,5-8H2,1-4H3,(H,16,17)/b10-9+. The van der Waals surface area contributed by atoms with Crippen LogP contribution in [0.2, 0.25) is 0 Å². The van der Waals surface area contributed by atoms with Crippen molar-refractivity contribution >= 4 is 23.8 Å². The van der Waals surface area contributed by atoms with Crippen LogP contribution in [0.25, 0.3) is 0 Å². The molecule has 0 aliphatic heterocycles. The minimum atomic E-state index is -1.64. The number of rotatable bonds is 9. The summed E-state index contributed by atoms with van der Waals surface area (Å²) in [6.07, 6.45) is 2.54. The van der Waals surface area contributed by atoms with Crippen molar-refractivity contribution in [1.82, 2.24) is 5.32 Å². The monoisotopic (exact) mass is 329 g/mol. The number of methoxy groups -OCH3 is 1. The van der Waals surface area contributed by atoms with Gasteiger partial charge in [-0.15, -0.1) is 0 Å². The quantitative estimate of drug-likeness (QED) is 0.216. The van der Waals surface area contributed by atoms with Crippen LogP contribution in [-0.4, -0.2) is 50.2 Å². The highest BCUT2D eigenvalue weighted by atomic mass is 16.6. The van der Waals surface area contributed by atoms with Gasteiger partial charge in [0.1, 0.15) is 5.57 Å². The summed E-state index contributed by atoms with van der Waals surface area (Å²) in [6, 6.07) is -1.64. The fourth-order valence-corrected chi connectivity index (χ4v) is 1.54. The molecule has 0 rings (SSSR count). The van der Waals surface area contributed by atoms with E-state index in [1.165, 1.54) is 6.08 Å². The average molecular weight is 329 g/mol. The maximum atomic E-state index is 12.2. The Morgan fingerprint density at radius 3 is 1.91 bits per heavy atom. The van der Waals surface area contributed by atoms with Crippen molar-refractivity contribution in [2.24, 2.45) is 0 Å². The number of amides is 1. The molecule has 0 atom stereocenters. The Hall–Kier alpha value is -2.38. The molecular weight excluding hydrogens is 306 g/mol. The number of hydrogen-bond acceptors (Lipinski definition) is 7. The van der Waals surface area contributed by atoms with Crippen LogP contribution in [0.4, 0.5) is 0 Å². The van der Waals surface area contributed by atoms with Crippen molar-refractivity contribution in [1.29, 1.82) is 0 Å². The summed E-state index contributed by atoms with van der Waals surface area (Å²) in [6.45, 7) is 5.04. The van der Waals surface area contributed by atoms with Gasteiger partial charge in [0.25, 0.3) is 5.91 Å². The predicted octanol–water partition coefficient (Wildman–Crippen LogP) is 0.497. The summed E-state index contributed by atoms with van der Waals surface area (Å²) in [5.74, 6) is -3.68. The SMILES string of the molecule is CCC/C=C(\C(=O)NC(C(=O)OCC)C(=O)OCC)C(=O)OC. The third-order valence-corrected chi connectivity index (χ3v) is 2.61. The maximum absolute atomic E-state index is 12.2. The molecule has 1 N–H and O–H groups in total. The fourth-order valence-electron chi connectivity index (χ4n) is 1.54. The number of carbonyl (C=O) groups excluding carboxylic acids is 4. The first kappa shape index (κ1) is 20.6. The molecule has 0 aliphatic carbocycles. The van der Waals surface area contributed by atoms with Crippen LogP contribution in [-0.2, 0) is 33.4 Å². The van der Waals surface area contributed by atoms with E-state index < -0.39 is 29.9 Å². The Morgan fingerprint density at radius 2 is 1.52 bits per heavy atom. The molecule has 1 amide bonds. The summed E-state index contributed by atoms with van der Waals surface area (Å²) in [4.78, 5) is 47.4. The number of unbranched alkanes of at least 4 members (excludes halogenated alkanes) is 1. The van der Waals surface area contributed by atoms with Gasteiger partial charge in [-0.05, 0) is 20.3 Å². The first-order valence-corrected chi connectivity index (χ1v) is 7.35. The molecule has 0 radical (unpaired) electrons. The first-order valence-electron chi connectivity index (χ1n) is 7.35. The fraction of sp³-hybridized carbons (Fsp3) is 0.600. The molecule has 0 heterocycles. The Kier molecular flexibility index (Phi) is 10.1. The van der Waals surface area contributed by atoms with E-state index in [0.29, 0.717) is 12.8 Å². The van der Waals surface area contributed by atoms with E-state index >= 15 is 0 Å². The number of allylic oxidation sites excluding steroid dienone is 1. The van der Waals surface area contributed by atoms with Crippen LogP contribution in [0.15, 0.2) is 11.6 Å². The van der Waals surface area contributed by atoms with Crippen molar-refractivity contribution in [3.63, 3.8) is 0 Å². The Bertz CT molecular complexity index is 452. The van der Waals surface area contributed by atoms with E-state index in [4.69, 9.17) is 9.47 Å². The zero-order chi connectivity index (χ0) is 17.8. The molecule has 0 spiro atoms. The van der Waals surface area contributed by atoms with Crippen LogP contribution in [0.5, 0.6) is 0 Å². The third-order valence-electron chi connectivity index (χ3n) is 2.61. The van der Waals surface area contributed by atoms with Gasteiger partial charge in [0.15, 0.2) is 0 Å². The minimum absolute atomic E-state index is 0.0279. The molecule has 0 saturated heterocycles. The third kappa shape index (κ3) is 6.94. The summed E-state index contributed by atoms with van der Waals surface area (Å²) < 4.78 is 14.0. The molecule has 0 aliphatic rings. The summed E-state index contributed by atoms with van der Waals surface area (Å²) in [7, 11) is 1.13. The van der Waals surface area contributed by atoms with Gasteiger partial charge in [-0.3, -0.25) is 4.79 Å². The highest BCUT2D eigenvalue weighted by Gasteiger charge is 2.33. The molecular formula is C15H23NO7. The molecule has 0 aromatic carbocycles. The second kappa shape index (κ2) is 11.2. The number of esters is 3. The van der Waals surface area contributed by atoms with Gasteiger partial charge in [-0.1, -0.05) is 19.4 Å². The van der Waals surface area contributed by atoms with E-state index in [9.17, 15) is 19.2 Å². The van der Waals surface area contributed by atoms with Gasteiger partial charge >= 0.3 is 17.9 Å². The average Bonchev–Trinajstić information content (AvgIpc) is 2.52. The Morgan fingerprint density at radius 1 is 1.00 bits per heavy atom.